The number of rotatable bonds is 3. The maximum Gasteiger partial charge on any atom is 0.306 e. The predicted octanol–water partition coefficient (Wildman–Crippen LogP) is 2.07. The molecule has 108 valence electrons. The molecule has 3 N–H and O–H groups in total. The first-order chi connectivity index (χ1) is 9.47. The number of carbonyl (C=O) groups is 2. The molecule has 1 aromatic rings. The minimum atomic E-state index is -0.803. The summed E-state index contributed by atoms with van der Waals surface area (Å²) in [5.74, 6) is -1.59. The number of hydrogen-bond acceptors (Lipinski definition) is 3. The van der Waals surface area contributed by atoms with Crippen LogP contribution in [0.2, 0.25) is 0 Å². The Balaban J connectivity index is 2.04. The molecule has 0 spiro atoms. The van der Waals surface area contributed by atoms with E-state index < -0.39 is 5.97 Å². The zero-order valence-corrected chi connectivity index (χ0v) is 11.4. The molecule has 2 atom stereocenters. The fourth-order valence-electron chi connectivity index (χ4n) is 2.64. The van der Waals surface area contributed by atoms with Crippen LogP contribution in [0.1, 0.15) is 41.6 Å². The second-order valence-electron chi connectivity index (χ2n) is 5.39. The number of phenolic OH excluding ortho intramolecular Hbond substituents is 1. The Labute approximate surface area is 117 Å². The predicted molar refractivity (Wildman–Crippen MR) is 73.7 cm³/mol. The molecule has 0 aromatic heterocycles. The van der Waals surface area contributed by atoms with Crippen LogP contribution in [0.15, 0.2) is 18.2 Å². The zero-order chi connectivity index (χ0) is 14.7. The average molecular weight is 277 g/mol. The van der Waals surface area contributed by atoms with E-state index >= 15 is 0 Å². The van der Waals surface area contributed by atoms with Gasteiger partial charge < -0.3 is 15.5 Å². The van der Waals surface area contributed by atoms with Crippen molar-refractivity contribution in [1.82, 2.24) is 5.32 Å². The standard InChI is InChI=1S/C15H19NO4/c1-9-5-6-13(17)12(7-9)14(18)16-11-4-2-3-10(8-11)15(19)20/h5-7,10-11,17H,2-4,8H2,1H3,(H,16,18)(H,19,20). The van der Waals surface area contributed by atoms with Crippen LogP contribution < -0.4 is 5.32 Å². The molecule has 1 aliphatic carbocycles. The van der Waals surface area contributed by atoms with Gasteiger partial charge in [-0.3, -0.25) is 9.59 Å². The minimum Gasteiger partial charge on any atom is -0.507 e. The number of amides is 1. The lowest BCUT2D eigenvalue weighted by Gasteiger charge is -2.27. The van der Waals surface area contributed by atoms with Crippen LogP contribution >= 0.6 is 0 Å². The van der Waals surface area contributed by atoms with E-state index in [0.29, 0.717) is 12.8 Å². The normalized spacial score (nSPS) is 22.2. The third-order valence-electron chi connectivity index (χ3n) is 3.76. The number of carbonyl (C=O) groups excluding carboxylic acids is 1. The molecule has 0 aliphatic heterocycles. The highest BCUT2D eigenvalue weighted by atomic mass is 16.4. The summed E-state index contributed by atoms with van der Waals surface area (Å²) in [6.07, 6.45) is 2.69. The number of aryl methyl sites for hydroxylation is 1. The fraction of sp³-hybridized carbons (Fsp3) is 0.467. The lowest BCUT2D eigenvalue weighted by molar-refractivity contribution is -0.143. The topological polar surface area (TPSA) is 86.6 Å². The molecular weight excluding hydrogens is 258 g/mol. The van der Waals surface area contributed by atoms with Gasteiger partial charge in [-0.2, -0.15) is 0 Å². The molecule has 5 nitrogen and oxygen atoms in total. The largest absolute Gasteiger partial charge is 0.507 e. The van der Waals surface area contributed by atoms with E-state index in [2.05, 4.69) is 5.32 Å². The van der Waals surface area contributed by atoms with Crippen molar-refractivity contribution in [3.8, 4) is 5.75 Å². The van der Waals surface area contributed by atoms with Crippen molar-refractivity contribution < 1.29 is 19.8 Å². The molecule has 0 bridgehead atoms. The number of carboxylic acids is 1. The number of hydrogen-bond donors (Lipinski definition) is 3. The van der Waals surface area contributed by atoms with E-state index in [9.17, 15) is 14.7 Å². The first kappa shape index (κ1) is 14.4. The van der Waals surface area contributed by atoms with Gasteiger partial charge in [0.25, 0.3) is 5.91 Å². The molecule has 0 heterocycles. The summed E-state index contributed by atoms with van der Waals surface area (Å²) in [6, 6.07) is 4.71. The van der Waals surface area contributed by atoms with E-state index in [-0.39, 0.29) is 29.2 Å². The highest BCUT2D eigenvalue weighted by Gasteiger charge is 2.28. The Morgan fingerprint density at radius 3 is 2.75 bits per heavy atom. The van der Waals surface area contributed by atoms with Crippen LogP contribution in [0.4, 0.5) is 0 Å². The van der Waals surface area contributed by atoms with Gasteiger partial charge in [-0.25, -0.2) is 0 Å². The van der Waals surface area contributed by atoms with Gasteiger partial charge in [0.05, 0.1) is 11.5 Å². The smallest absolute Gasteiger partial charge is 0.306 e. The Hall–Kier alpha value is -2.04. The number of nitrogens with one attached hydrogen (secondary N) is 1. The van der Waals surface area contributed by atoms with E-state index in [4.69, 9.17) is 5.11 Å². The molecule has 20 heavy (non-hydrogen) atoms. The van der Waals surface area contributed by atoms with Crippen LogP contribution in [0, 0.1) is 12.8 Å². The maximum atomic E-state index is 12.1. The molecule has 1 amide bonds. The van der Waals surface area contributed by atoms with Crippen molar-refractivity contribution in [1.29, 1.82) is 0 Å². The molecule has 1 saturated carbocycles. The monoisotopic (exact) mass is 277 g/mol. The second-order valence-corrected chi connectivity index (χ2v) is 5.39. The van der Waals surface area contributed by atoms with Crippen LogP contribution in [-0.2, 0) is 4.79 Å². The summed E-state index contributed by atoms with van der Waals surface area (Å²) >= 11 is 0. The number of phenols is 1. The Morgan fingerprint density at radius 2 is 2.05 bits per heavy atom. The SMILES string of the molecule is Cc1ccc(O)c(C(=O)NC2CCCC(C(=O)O)C2)c1. The third kappa shape index (κ3) is 3.29. The summed E-state index contributed by atoms with van der Waals surface area (Å²) in [5.41, 5.74) is 1.13. The Kier molecular flexibility index (Phi) is 4.27. The summed E-state index contributed by atoms with van der Waals surface area (Å²) in [7, 11) is 0. The van der Waals surface area contributed by atoms with Gasteiger partial charge in [0, 0.05) is 6.04 Å². The summed E-state index contributed by atoms with van der Waals surface area (Å²) in [4.78, 5) is 23.1. The Bertz CT molecular complexity index is 527. The first-order valence-corrected chi connectivity index (χ1v) is 6.80. The quantitative estimate of drug-likeness (QED) is 0.789. The fourth-order valence-corrected chi connectivity index (χ4v) is 2.64. The van der Waals surface area contributed by atoms with Crippen molar-refractivity contribution in [2.24, 2.45) is 5.92 Å². The van der Waals surface area contributed by atoms with E-state index in [0.717, 1.165) is 18.4 Å². The second kappa shape index (κ2) is 5.94. The molecule has 5 heteroatoms. The molecule has 1 aliphatic rings. The number of aromatic hydroxyl groups is 1. The maximum absolute atomic E-state index is 12.1. The highest BCUT2D eigenvalue weighted by molar-refractivity contribution is 5.97. The van der Waals surface area contributed by atoms with E-state index in [1.54, 1.807) is 12.1 Å². The van der Waals surface area contributed by atoms with Crippen molar-refractivity contribution in [3.05, 3.63) is 29.3 Å². The van der Waals surface area contributed by atoms with Crippen LogP contribution in [0.5, 0.6) is 5.75 Å². The van der Waals surface area contributed by atoms with Crippen molar-refractivity contribution in [2.45, 2.75) is 38.6 Å². The van der Waals surface area contributed by atoms with Crippen molar-refractivity contribution in [3.63, 3.8) is 0 Å². The van der Waals surface area contributed by atoms with E-state index in [1.807, 2.05) is 6.92 Å². The Morgan fingerprint density at radius 1 is 1.30 bits per heavy atom. The number of carboxylic acid groups (broad SMARTS) is 1. The van der Waals surface area contributed by atoms with Gasteiger partial charge in [0.15, 0.2) is 0 Å². The summed E-state index contributed by atoms with van der Waals surface area (Å²) < 4.78 is 0. The number of benzene rings is 1. The first-order valence-electron chi connectivity index (χ1n) is 6.80. The zero-order valence-electron chi connectivity index (χ0n) is 11.4. The highest BCUT2D eigenvalue weighted by Crippen LogP contribution is 2.25. The molecule has 0 radical (unpaired) electrons. The number of aliphatic carboxylic acids is 1. The van der Waals surface area contributed by atoms with E-state index in [1.165, 1.54) is 6.07 Å². The van der Waals surface area contributed by atoms with Gasteiger partial charge in [0.1, 0.15) is 5.75 Å². The molecule has 2 unspecified atom stereocenters. The van der Waals surface area contributed by atoms with Gasteiger partial charge in [-0.05, 0) is 38.3 Å². The van der Waals surface area contributed by atoms with Crippen molar-refractivity contribution >= 4 is 11.9 Å². The lowest BCUT2D eigenvalue weighted by atomic mass is 9.85. The van der Waals surface area contributed by atoms with Crippen molar-refractivity contribution in [2.75, 3.05) is 0 Å². The van der Waals surface area contributed by atoms with Crippen LogP contribution in [0.3, 0.4) is 0 Å². The molecular formula is C15H19NO4. The minimum absolute atomic E-state index is 0.0568. The van der Waals surface area contributed by atoms with Gasteiger partial charge >= 0.3 is 5.97 Å². The molecule has 1 aromatic carbocycles. The average Bonchev–Trinajstić information content (AvgIpc) is 2.41. The van der Waals surface area contributed by atoms with Gasteiger partial charge in [0.2, 0.25) is 0 Å². The van der Waals surface area contributed by atoms with Gasteiger partial charge in [-0.1, -0.05) is 18.1 Å². The summed E-state index contributed by atoms with van der Waals surface area (Å²) in [5, 5.41) is 21.6. The van der Waals surface area contributed by atoms with Crippen LogP contribution in [0.25, 0.3) is 0 Å². The van der Waals surface area contributed by atoms with Gasteiger partial charge in [-0.15, -0.1) is 0 Å². The molecule has 2 rings (SSSR count). The summed E-state index contributed by atoms with van der Waals surface area (Å²) in [6.45, 7) is 1.84. The molecule has 0 saturated heterocycles. The lowest BCUT2D eigenvalue weighted by Crippen LogP contribution is -2.40. The van der Waals surface area contributed by atoms with Crippen LogP contribution in [-0.4, -0.2) is 28.1 Å². The third-order valence-corrected chi connectivity index (χ3v) is 3.76. The molecule has 1 fully saturated rings.